The number of hydrogen-bond donors (Lipinski definition) is 1. The fraction of sp³-hybridized carbons (Fsp3) is 0.364. The van der Waals surface area contributed by atoms with Crippen LogP contribution in [0.25, 0.3) is 0 Å². The van der Waals surface area contributed by atoms with Gasteiger partial charge in [0.2, 0.25) is 0 Å². The van der Waals surface area contributed by atoms with Crippen LogP contribution >= 0.6 is 15.9 Å². The molecule has 0 heterocycles. The number of aromatic hydroxyl groups is 1. The number of ether oxygens (including phenoxy) is 1. The van der Waals surface area contributed by atoms with Crippen LogP contribution in [0, 0.1) is 0 Å². The van der Waals surface area contributed by atoms with Crippen molar-refractivity contribution in [1.82, 2.24) is 0 Å². The number of rotatable bonds is 4. The first-order chi connectivity index (χ1) is 7.04. The maximum absolute atomic E-state index is 10.9. The van der Waals surface area contributed by atoms with E-state index < -0.39 is 0 Å². The lowest BCUT2D eigenvalue weighted by Gasteiger charge is -2.08. The van der Waals surface area contributed by atoms with Crippen molar-refractivity contribution in [3.63, 3.8) is 0 Å². The number of benzene rings is 1. The van der Waals surface area contributed by atoms with E-state index in [-0.39, 0.29) is 11.5 Å². The van der Waals surface area contributed by atoms with Crippen LogP contribution in [0.5, 0.6) is 11.5 Å². The maximum atomic E-state index is 10.9. The minimum Gasteiger partial charge on any atom is -0.504 e. The second-order valence-electron chi connectivity index (χ2n) is 3.32. The van der Waals surface area contributed by atoms with Crippen molar-refractivity contribution in [2.45, 2.75) is 19.8 Å². The molecular weight excluding hydrogens is 260 g/mol. The zero-order valence-electron chi connectivity index (χ0n) is 8.71. The first-order valence-corrected chi connectivity index (χ1v) is 5.38. The van der Waals surface area contributed by atoms with Crippen LogP contribution in [-0.2, 0) is 11.2 Å². The number of aryl methyl sites for hydroxylation is 1. The Bertz CT molecular complexity index is 374. The molecular formula is C11H13BrO3. The van der Waals surface area contributed by atoms with Crippen LogP contribution in [0.15, 0.2) is 16.6 Å². The van der Waals surface area contributed by atoms with E-state index in [1.807, 2.05) is 0 Å². The summed E-state index contributed by atoms with van der Waals surface area (Å²) >= 11 is 3.33. The van der Waals surface area contributed by atoms with Gasteiger partial charge >= 0.3 is 0 Å². The predicted octanol–water partition coefficient (Wildman–Crippen LogP) is 2.68. The fourth-order valence-electron chi connectivity index (χ4n) is 1.25. The van der Waals surface area contributed by atoms with E-state index in [4.69, 9.17) is 4.74 Å². The molecule has 0 saturated carbocycles. The molecule has 0 amide bonds. The molecule has 0 spiro atoms. The Morgan fingerprint density at radius 1 is 1.53 bits per heavy atom. The summed E-state index contributed by atoms with van der Waals surface area (Å²) in [5.41, 5.74) is 0.958. The third-order valence-electron chi connectivity index (χ3n) is 2.09. The summed E-state index contributed by atoms with van der Waals surface area (Å²) in [5, 5.41) is 9.47. The number of halogens is 1. The summed E-state index contributed by atoms with van der Waals surface area (Å²) in [6, 6.07) is 3.32. The molecule has 1 N–H and O–H groups in total. The molecule has 0 saturated heterocycles. The summed E-state index contributed by atoms with van der Waals surface area (Å²) in [6.07, 6.45) is 1.14. The number of carbonyl (C=O) groups is 1. The fourth-order valence-corrected chi connectivity index (χ4v) is 1.78. The van der Waals surface area contributed by atoms with Crippen molar-refractivity contribution in [2.75, 3.05) is 7.11 Å². The standard InChI is InChI=1S/C11H13BrO3/c1-7(13)3-4-8-5-11(15-2)10(14)6-9(8)12/h5-6,14H,3-4H2,1-2H3. The van der Waals surface area contributed by atoms with Gasteiger partial charge in [0.05, 0.1) is 7.11 Å². The highest BCUT2D eigenvalue weighted by Crippen LogP contribution is 2.32. The van der Waals surface area contributed by atoms with Crippen molar-refractivity contribution in [1.29, 1.82) is 0 Å². The van der Waals surface area contributed by atoms with Gasteiger partial charge in [-0.15, -0.1) is 0 Å². The van der Waals surface area contributed by atoms with Gasteiger partial charge in [-0.25, -0.2) is 0 Å². The Morgan fingerprint density at radius 2 is 2.20 bits per heavy atom. The maximum Gasteiger partial charge on any atom is 0.160 e. The minimum absolute atomic E-state index is 0.0935. The molecule has 1 rings (SSSR count). The van der Waals surface area contributed by atoms with Crippen molar-refractivity contribution in [3.05, 3.63) is 22.2 Å². The summed E-state index contributed by atoms with van der Waals surface area (Å²) in [5.74, 6) is 0.668. The first-order valence-electron chi connectivity index (χ1n) is 4.59. The van der Waals surface area contributed by atoms with E-state index in [0.29, 0.717) is 18.6 Å². The molecule has 0 aliphatic heterocycles. The SMILES string of the molecule is COc1cc(CCC(C)=O)c(Br)cc1O. The summed E-state index contributed by atoms with van der Waals surface area (Å²) in [4.78, 5) is 10.9. The Labute approximate surface area is 97.2 Å². The van der Waals surface area contributed by atoms with Gasteiger partial charge in [0.15, 0.2) is 11.5 Å². The Kier molecular flexibility index (Phi) is 4.15. The van der Waals surface area contributed by atoms with Gasteiger partial charge in [0, 0.05) is 10.9 Å². The zero-order valence-corrected chi connectivity index (χ0v) is 10.3. The van der Waals surface area contributed by atoms with E-state index >= 15 is 0 Å². The van der Waals surface area contributed by atoms with Crippen LogP contribution in [0.3, 0.4) is 0 Å². The lowest BCUT2D eigenvalue weighted by atomic mass is 10.1. The van der Waals surface area contributed by atoms with Crippen molar-refractivity contribution in [3.8, 4) is 11.5 Å². The highest BCUT2D eigenvalue weighted by molar-refractivity contribution is 9.10. The Hall–Kier alpha value is -1.03. The van der Waals surface area contributed by atoms with Crippen LogP contribution in [0.2, 0.25) is 0 Å². The molecule has 0 aliphatic carbocycles. The molecule has 4 heteroatoms. The molecule has 0 radical (unpaired) electrons. The molecule has 3 nitrogen and oxygen atoms in total. The lowest BCUT2D eigenvalue weighted by Crippen LogP contribution is -1.96. The molecule has 1 aromatic rings. The van der Waals surface area contributed by atoms with Gasteiger partial charge in [0.25, 0.3) is 0 Å². The molecule has 0 unspecified atom stereocenters. The Balaban J connectivity index is 2.92. The average molecular weight is 273 g/mol. The van der Waals surface area contributed by atoms with Crippen LogP contribution < -0.4 is 4.74 Å². The summed E-state index contributed by atoms with van der Waals surface area (Å²) in [7, 11) is 1.50. The van der Waals surface area contributed by atoms with E-state index in [9.17, 15) is 9.90 Å². The molecule has 0 fully saturated rings. The first kappa shape index (κ1) is 12.0. The van der Waals surface area contributed by atoms with Gasteiger partial charge in [-0.3, -0.25) is 0 Å². The van der Waals surface area contributed by atoms with Crippen molar-refractivity contribution < 1.29 is 14.6 Å². The number of Topliss-reactive ketones (excluding diaryl/α,β-unsaturated/α-hetero) is 1. The summed E-state index contributed by atoms with van der Waals surface area (Å²) in [6.45, 7) is 1.56. The highest BCUT2D eigenvalue weighted by Gasteiger charge is 2.08. The Morgan fingerprint density at radius 3 is 2.73 bits per heavy atom. The van der Waals surface area contributed by atoms with E-state index in [1.165, 1.54) is 7.11 Å². The van der Waals surface area contributed by atoms with Crippen LogP contribution in [0.4, 0.5) is 0 Å². The van der Waals surface area contributed by atoms with Crippen molar-refractivity contribution in [2.24, 2.45) is 0 Å². The molecule has 0 aromatic heterocycles. The van der Waals surface area contributed by atoms with Gasteiger partial charge in [-0.05, 0) is 31.0 Å². The van der Waals surface area contributed by atoms with Crippen LogP contribution in [-0.4, -0.2) is 18.0 Å². The average Bonchev–Trinajstić information content (AvgIpc) is 2.16. The number of phenols is 1. The lowest BCUT2D eigenvalue weighted by molar-refractivity contribution is -0.116. The molecule has 15 heavy (non-hydrogen) atoms. The normalized spacial score (nSPS) is 10.1. The number of carbonyl (C=O) groups excluding carboxylic acids is 1. The molecule has 0 aliphatic rings. The second kappa shape index (κ2) is 5.16. The largest absolute Gasteiger partial charge is 0.504 e. The smallest absolute Gasteiger partial charge is 0.160 e. The van der Waals surface area contributed by atoms with E-state index in [1.54, 1.807) is 19.1 Å². The van der Waals surface area contributed by atoms with Gasteiger partial charge in [0.1, 0.15) is 5.78 Å². The zero-order chi connectivity index (χ0) is 11.4. The molecule has 1 aromatic carbocycles. The van der Waals surface area contributed by atoms with Crippen molar-refractivity contribution >= 4 is 21.7 Å². The van der Waals surface area contributed by atoms with E-state index in [0.717, 1.165) is 10.0 Å². The molecule has 0 bridgehead atoms. The highest BCUT2D eigenvalue weighted by atomic mass is 79.9. The quantitative estimate of drug-likeness (QED) is 0.917. The second-order valence-corrected chi connectivity index (χ2v) is 4.17. The van der Waals surface area contributed by atoms with Crippen LogP contribution in [0.1, 0.15) is 18.9 Å². The van der Waals surface area contributed by atoms with Gasteiger partial charge < -0.3 is 14.6 Å². The number of phenolic OH excluding ortho intramolecular Hbond substituents is 1. The van der Waals surface area contributed by atoms with E-state index in [2.05, 4.69) is 15.9 Å². The number of ketones is 1. The molecule has 0 atom stereocenters. The minimum atomic E-state index is 0.0935. The third kappa shape index (κ3) is 3.23. The van der Waals surface area contributed by atoms with Gasteiger partial charge in [-0.1, -0.05) is 15.9 Å². The summed E-state index contributed by atoms with van der Waals surface area (Å²) < 4.78 is 5.79. The third-order valence-corrected chi connectivity index (χ3v) is 2.83. The van der Waals surface area contributed by atoms with Gasteiger partial charge in [-0.2, -0.15) is 0 Å². The number of methoxy groups -OCH3 is 1. The number of hydrogen-bond acceptors (Lipinski definition) is 3. The predicted molar refractivity (Wildman–Crippen MR) is 61.4 cm³/mol. The monoisotopic (exact) mass is 272 g/mol. The molecule has 82 valence electrons. The topological polar surface area (TPSA) is 46.5 Å².